The van der Waals surface area contributed by atoms with Crippen molar-refractivity contribution in [1.29, 1.82) is 0 Å². The predicted octanol–water partition coefficient (Wildman–Crippen LogP) is 6.77. The topological polar surface area (TPSA) is 46.9 Å². The SMILES string of the molecule is OC(c1ccccc1)C1CCCN1Cc1ccccc1.OC1CCCN(Cc2ccccc2)C1c1ccccc1.[Ac]. The third-order valence-electron chi connectivity index (χ3n) is 8.22. The van der Waals surface area contributed by atoms with Crippen molar-refractivity contribution in [3.8, 4) is 0 Å². The quantitative estimate of drug-likeness (QED) is 0.219. The second-order valence-corrected chi connectivity index (χ2v) is 11.0. The van der Waals surface area contributed by atoms with E-state index in [2.05, 4.69) is 82.6 Å². The van der Waals surface area contributed by atoms with Gasteiger partial charge in [-0.2, -0.15) is 0 Å². The van der Waals surface area contributed by atoms with Crippen molar-refractivity contribution >= 4 is 0 Å². The smallest absolute Gasteiger partial charge is 0.0945 e. The fourth-order valence-electron chi connectivity index (χ4n) is 6.22. The zero-order valence-corrected chi connectivity index (χ0v) is 28.6. The Labute approximate surface area is 281 Å². The minimum absolute atomic E-state index is 0. The van der Waals surface area contributed by atoms with Crippen LogP contribution in [0.4, 0.5) is 0 Å². The number of nitrogens with zero attached hydrogens (tertiary/aromatic N) is 2. The van der Waals surface area contributed by atoms with Crippen LogP contribution in [0.1, 0.15) is 60.1 Å². The third-order valence-corrected chi connectivity index (χ3v) is 8.22. The first-order valence-electron chi connectivity index (χ1n) is 14.7. The standard InChI is InChI=1S/2C18H21NO.Ac/c20-17-12-7-13-19(14-15-8-3-1-4-9-15)18(17)16-10-5-2-6-11-16;20-18(16-10-5-2-6-11-16)17-12-7-13-19(17)14-15-8-3-1-4-9-15;/h2*1-6,8-11,17-18,20H,7,12-14H2;. The van der Waals surface area contributed by atoms with E-state index in [1.54, 1.807) is 0 Å². The number of rotatable bonds is 7. The van der Waals surface area contributed by atoms with Crippen LogP contribution in [0.25, 0.3) is 0 Å². The molecule has 4 aromatic carbocycles. The summed E-state index contributed by atoms with van der Waals surface area (Å²) in [5.74, 6) is 0. The van der Waals surface area contributed by atoms with Crippen molar-refractivity contribution in [2.24, 2.45) is 0 Å². The van der Waals surface area contributed by atoms with Crippen molar-refractivity contribution in [3.63, 3.8) is 0 Å². The van der Waals surface area contributed by atoms with Gasteiger partial charge in [0.25, 0.3) is 0 Å². The molecule has 2 fully saturated rings. The average molecular weight is 762 g/mol. The van der Waals surface area contributed by atoms with Gasteiger partial charge < -0.3 is 10.2 Å². The molecule has 2 aliphatic heterocycles. The second-order valence-electron chi connectivity index (χ2n) is 11.0. The molecular formula is C36H42AcN2O2. The van der Waals surface area contributed by atoms with Crippen LogP contribution < -0.4 is 0 Å². The monoisotopic (exact) mass is 761 g/mol. The molecule has 6 rings (SSSR count). The maximum Gasteiger partial charge on any atom is 0.0945 e. The summed E-state index contributed by atoms with van der Waals surface area (Å²) >= 11 is 0. The van der Waals surface area contributed by atoms with Gasteiger partial charge in [0.1, 0.15) is 0 Å². The largest absolute Gasteiger partial charge is 0.391 e. The Morgan fingerprint density at radius 2 is 1.07 bits per heavy atom. The Hall–Kier alpha value is -1.84. The number of piperidine rings is 1. The van der Waals surface area contributed by atoms with Gasteiger partial charge in [-0.1, -0.05) is 121 Å². The van der Waals surface area contributed by atoms with Gasteiger partial charge in [0, 0.05) is 63.2 Å². The van der Waals surface area contributed by atoms with Gasteiger partial charge in [-0.25, -0.2) is 0 Å². The number of hydrogen-bond donors (Lipinski definition) is 2. The summed E-state index contributed by atoms with van der Waals surface area (Å²) in [6.45, 7) is 3.95. The van der Waals surface area contributed by atoms with Crippen LogP contribution in [0.3, 0.4) is 0 Å². The summed E-state index contributed by atoms with van der Waals surface area (Å²) in [4.78, 5) is 4.81. The van der Waals surface area contributed by atoms with Crippen LogP contribution in [0.15, 0.2) is 121 Å². The Morgan fingerprint density at radius 1 is 0.610 bits per heavy atom. The van der Waals surface area contributed by atoms with E-state index in [9.17, 15) is 10.2 Å². The molecule has 4 unspecified atom stereocenters. The van der Waals surface area contributed by atoms with Crippen LogP contribution in [-0.4, -0.2) is 45.2 Å². The molecule has 0 aliphatic carbocycles. The van der Waals surface area contributed by atoms with Crippen LogP contribution in [0.2, 0.25) is 0 Å². The van der Waals surface area contributed by atoms with E-state index in [0.29, 0.717) is 0 Å². The van der Waals surface area contributed by atoms with Gasteiger partial charge in [0.2, 0.25) is 0 Å². The summed E-state index contributed by atoms with van der Waals surface area (Å²) in [7, 11) is 0. The zero-order chi connectivity index (χ0) is 27.6. The van der Waals surface area contributed by atoms with Gasteiger partial charge in [0.15, 0.2) is 0 Å². The first-order chi connectivity index (χ1) is 19.7. The second kappa shape index (κ2) is 16.7. The van der Waals surface area contributed by atoms with Gasteiger partial charge in [0.05, 0.1) is 18.2 Å². The predicted molar refractivity (Wildman–Crippen MR) is 163 cm³/mol. The number of aliphatic hydroxyl groups excluding tert-OH is 2. The molecule has 2 heterocycles. The molecule has 2 N–H and O–H groups in total. The maximum absolute atomic E-state index is 10.6. The van der Waals surface area contributed by atoms with E-state index in [-0.39, 0.29) is 68.4 Å². The molecule has 1 radical (unpaired) electrons. The summed E-state index contributed by atoms with van der Waals surface area (Å²) in [6, 6.07) is 41.8. The number of aliphatic hydroxyl groups is 2. The number of benzene rings is 4. The van der Waals surface area contributed by atoms with Crippen molar-refractivity contribution in [3.05, 3.63) is 144 Å². The molecule has 211 valence electrons. The first-order valence-corrected chi connectivity index (χ1v) is 14.7. The fraction of sp³-hybridized carbons (Fsp3) is 0.333. The summed E-state index contributed by atoms with van der Waals surface area (Å²) in [6.07, 6.45) is 3.55. The molecule has 0 amide bonds. The van der Waals surface area contributed by atoms with Gasteiger partial charge in [-0.15, -0.1) is 0 Å². The molecule has 2 aliphatic rings. The summed E-state index contributed by atoms with van der Waals surface area (Å²) in [5.41, 5.74) is 4.87. The minimum atomic E-state index is -0.387. The molecular weight excluding hydrogens is 719 g/mol. The molecule has 0 saturated carbocycles. The van der Waals surface area contributed by atoms with E-state index in [1.165, 1.54) is 23.1 Å². The molecule has 4 atom stereocenters. The molecule has 41 heavy (non-hydrogen) atoms. The van der Waals surface area contributed by atoms with Crippen LogP contribution >= 0.6 is 0 Å². The Kier molecular flexibility index (Phi) is 13.1. The van der Waals surface area contributed by atoms with Crippen LogP contribution in [-0.2, 0) is 13.1 Å². The van der Waals surface area contributed by atoms with Gasteiger partial charge >= 0.3 is 0 Å². The van der Waals surface area contributed by atoms with Crippen molar-refractivity contribution < 1.29 is 54.3 Å². The van der Waals surface area contributed by atoms with Crippen molar-refractivity contribution in [2.45, 2.75) is 63.1 Å². The molecule has 0 aromatic heterocycles. The Morgan fingerprint density at radius 3 is 1.66 bits per heavy atom. The summed E-state index contributed by atoms with van der Waals surface area (Å²) < 4.78 is 0. The third kappa shape index (κ3) is 9.07. The van der Waals surface area contributed by atoms with Crippen LogP contribution in [0, 0.1) is 44.1 Å². The fourth-order valence-corrected chi connectivity index (χ4v) is 6.22. The van der Waals surface area contributed by atoms with E-state index < -0.39 is 0 Å². The van der Waals surface area contributed by atoms with E-state index in [0.717, 1.165) is 51.0 Å². The van der Waals surface area contributed by atoms with Gasteiger partial charge in [-0.3, -0.25) is 9.80 Å². The molecule has 0 bridgehead atoms. The van der Waals surface area contributed by atoms with Gasteiger partial charge in [-0.05, 0) is 61.0 Å². The number of hydrogen-bond acceptors (Lipinski definition) is 4. The van der Waals surface area contributed by atoms with E-state index in [4.69, 9.17) is 0 Å². The zero-order valence-electron chi connectivity index (χ0n) is 23.9. The molecule has 0 spiro atoms. The minimum Gasteiger partial charge on any atom is -0.391 e. The number of likely N-dealkylation sites (tertiary alicyclic amines) is 2. The van der Waals surface area contributed by atoms with E-state index >= 15 is 0 Å². The van der Waals surface area contributed by atoms with Crippen LogP contribution in [0.5, 0.6) is 0 Å². The molecule has 2 saturated heterocycles. The molecule has 5 heteroatoms. The van der Waals surface area contributed by atoms with E-state index in [1.807, 2.05) is 48.5 Å². The summed E-state index contributed by atoms with van der Waals surface area (Å²) in [5, 5.41) is 21.1. The average Bonchev–Trinajstić information content (AvgIpc) is 3.47. The first kappa shape index (κ1) is 32.1. The maximum atomic E-state index is 10.6. The molecule has 4 aromatic rings. The Balaban J connectivity index is 0.000000184. The van der Waals surface area contributed by atoms with Crippen molar-refractivity contribution in [2.75, 3.05) is 13.1 Å². The molecule has 4 nitrogen and oxygen atoms in total. The normalized spacial score (nSPS) is 21.8. The Bertz CT molecular complexity index is 1260. The van der Waals surface area contributed by atoms with Crippen molar-refractivity contribution in [1.82, 2.24) is 9.80 Å².